The molecule has 1 heterocycles. The number of para-hydroxylation sites is 1. The van der Waals surface area contributed by atoms with E-state index >= 15 is 0 Å². The van der Waals surface area contributed by atoms with Crippen LogP contribution in [0.3, 0.4) is 0 Å². The average molecular weight is 412 g/mol. The van der Waals surface area contributed by atoms with Crippen molar-refractivity contribution >= 4 is 17.5 Å². The lowest BCUT2D eigenvalue weighted by Gasteiger charge is -2.18. The smallest absolute Gasteiger partial charge is 0.222 e. The second-order valence-electron chi connectivity index (χ2n) is 7.05. The molecule has 0 unspecified atom stereocenters. The van der Waals surface area contributed by atoms with E-state index in [0.29, 0.717) is 31.0 Å². The highest BCUT2D eigenvalue weighted by Gasteiger charge is 2.17. The number of rotatable bonds is 8. The summed E-state index contributed by atoms with van der Waals surface area (Å²) in [5.41, 5.74) is 4.10. The Morgan fingerprint density at radius 1 is 1.10 bits per heavy atom. The Balaban J connectivity index is 1.53. The van der Waals surface area contributed by atoms with Crippen LogP contribution < -0.4 is 4.74 Å². The molecule has 0 saturated carbocycles. The predicted octanol–water partition coefficient (Wildman–Crippen LogP) is 4.96. The van der Waals surface area contributed by atoms with Crippen LogP contribution in [0.15, 0.2) is 54.6 Å². The van der Waals surface area contributed by atoms with Gasteiger partial charge >= 0.3 is 0 Å². The van der Waals surface area contributed by atoms with E-state index in [1.165, 1.54) is 0 Å². The molecule has 6 heteroatoms. The number of nitrogens with zero attached hydrogens (tertiary/aromatic N) is 3. The molecular weight excluding hydrogens is 386 g/mol. The summed E-state index contributed by atoms with van der Waals surface area (Å²) in [6.45, 7) is 5.06. The van der Waals surface area contributed by atoms with Crippen molar-refractivity contribution < 1.29 is 9.53 Å². The van der Waals surface area contributed by atoms with Crippen molar-refractivity contribution in [3.05, 3.63) is 76.6 Å². The number of carbonyl (C=O) groups is 1. The maximum Gasteiger partial charge on any atom is 0.222 e. The molecule has 0 aliphatic rings. The number of benzene rings is 2. The van der Waals surface area contributed by atoms with Crippen molar-refractivity contribution in [2.75, 3.05) is 13.7 Å². The van der Waals surface area contributed by atoms with Gasteiger partial charge in [0.2, 0.25) is 5.91 Å². The van der Waals surface area contributed by atoms with Gasteiger partial charge in [0, 0.05) is 36.3 Å². The first-order chi connectivity index (χ1) is 14.0. The first-order valence-electron chi connectivity index (χ1n) is 9.68. The number of halogens is 1. The number of carbonyl (C=O) groups excluding carboxylic acids is 1. The van der Waals surface area contributed by atoms with Crippen molar-refractivity contribution in [2.45, 2.75) is 33.2 Å². The molecule has 1 amide bonds. The average Bonchev–Trinajstić information content (AvgIpc) is 3.01. The van der Waals surface area contributed by atoms with Gasteiger partial charge in [-0.05, 0) is 56.7 Å². The zero-order valence-electron chi connectivity index (χ0n) is 17.1. The Morgan fingerprint density at radius 3 is 2.48 bits per heavy atom. The highest BCUT2D eigenvalue weighted by molar-refractivity contribution is 6.30. The van der Waals surface area contributed by atoms with Gasteiger partial charge in [0.05, 0.1) is 18.0 Å². The van der Waals surface area contributed by atoms with Gasteiger partial charge in [0.15, 0.2) is 0 Å². The Hall–Kier alpha value is -2.79. The fourth-order valence-electron chi connectivity index (χ4n) is 3.18. The van der Waals surface area contributed by atoms with Gasteiger partial charge in [-0.2, -0.15) is 5.10 Å². The van der Waals surface area contributed by atoms with Crippen LogP contribution in [0.2, 0.25) is 5.02 Å². The van der Waals surface area contributed by atoms with E-state index in [2.05, 4.69) is 5.10 Å². The first kappa shape index (κ1) is 20.9. The number of aromatic nitrogens is 2. The lowest BCUT2D eigenvalue weighted by Crippen LogP contribution is -2.26. The molecule has 29 heavy (non-hydrogen) atoms. The molecule has 1 aromatic heterocycles. The summed E-state index contributed by atoms with van der Waals surface area (Å²) in [7, 11) is 1.83. The van der Waals surface area contributed by atoms with Gasteiger partial charge in [-0.25, -0.2) is 4.68 Å². The number of hydrogen-bond donors (Lipinski definition) is 0. The summed E-state index contributed by atoms with van der Waals surface area (Å²) < 4.78 is 7.59. The molecule has 0 N–H and O–H groups in total. The summed E-state index contributed by atoms with van der Waals surface area (Å²) in [5.74, 6) is 0.853. The Kier molecular flexibility index (Phi) is 6.94. The van der Waals surface area contributed by atoms with E-state index in [0.717, 1.165) is 28.4 Å². The van der Waals surface area contributed by atoms with Crippen LogP contribution in [-0.2, 0) is 11.3 Å². The summed E-state index contributed by atoms with van der Waals surface area (Å²) in [5, 5.41) is 5.33. The maximum atomic E-state index is 12.5. The zero-order valence-corrected chi connectivity index (χ0v) is 17.8. The van der Waals surface area contributed by atoms with Crippen molar-refractivity contribution in [1.29, 1.82) is 0 Å². The highest BCUT2D eigenvalue weighted by atomic mass is 35.5. The Labute approximate surface area is 176 Å². The molecule has 3 aromatic rings. The fourth-order valence-corrected chi connectivity index (χ4v) is 3.31. The second kappa shape index (κ2) is 9.61. The summed E-state index contributed by atoms with van der Waals surface area (Å²) in [6.07, 6.45) is 1.10. The van der Waals surface area contributed by atoms with Crippen molar-refractivity contribution in [2.24, 2.45) is 0 Å². The van der Waals surface area contributed by atoms with Crippen molar-refractivity contribution in [1.82, 2.24) is 14.7 Å². The highest BCUT2D eigenvalue weighted by Crippen LogP contribution is 2.20. The van der Waals surface area contributed by atoms with Crippen LogP contribution in [0.4, 0.5) is 0 Å². The van der Waals surface area contributed by atoms with Gasteiger partial charge in [0.25, 0.3) is 0 Å². The minimum atomic E-state index is 0.0935. The molecule has 0 bridgehead atoms. The molecule has 0 atom stereocenters. The van der Waals surface area contributed by atoms with E-state index in [1.807, 2.05) is 68.0 Å². The third kappa shape index (κ3) is 5.39. The molecule has 5 nitrogen and oxygen atoms in total. The SMILES string of the molecule is Cc1nn(-c2ccccc2)c(C)c1CN(C)C(=O)CCCOc1ccc(Cl)cc1. The predicted molar refractivity (Wildman–Crippen MR) is 116 cm³/mol. The molecular formula is C23H26ClN3O2. The minimum Gasteiger partial charge on any atom is -0.494 e. The van der Waals surface area contributed by atoms with Crippen LogP contribution >= 0.6 is 11.6 Å². The fraction of sp³-hybridized carbons (Fsp3) is 0.304. The van der Waals surface area contributed by atoms with Crippen LogP contribution in [0.25, 0.3) is 5.69 Å². The quantitative estimate of drug-likeness (QED) is 0.492. The summed E-state index contributed by atoms with van der Waals surface area (Å²) in [6, 6.07) is 17.3. The van der Waals surface area contributed by atoms with E-state index in [1.54, 1.807) is 17.0 Å². The third-order valence-electron chi connectivity index (χ3n) is 4.88. The van der Waals surface area contributed by atoms with Crippen LogP contribution in [-0.4, -0.2) is 34.2 Å². The molecule has 3 rings (SSSR count). The molecule has 0 aliphatic carbocycles. The zero-order chi connectivity index (χ0) is 20.8. The van der Waals surface area contributed by atoms with Gasteiger partial charge in [-0.1, -0.05) is 29.8 Å². The number of ether oxygens (including phenoxy) is 1. The number of aryl methyl sites for hydroxylation is 1. The van der Waals surface area contributed by atoms with Crippen LogP contribution in [0.5, 0.6) is 5.75 Å². The largest absolute Gasteiger partial charge is 0.494 e. The molecule has 0 aliphatic heterocycles. The summed E-state index contributed by atoms with van der Waals surface area (Å²) in [4.78, 5) is 14.3. The third-order valence-corrected chi connectivity index (χ3v) is 5.13. The van der Waals surface area contributed by atoms with Crippen molar-refractivity contribution in [3.63, 3.8) is 0 Å². The first-order valence-corrected chi connectivity index (χ1v) is 10.1. The lowest BCUT2D eigenvalue weighted by atomic mass is 10.1. The van der Waals surface area contributed by atoms with Gasteiger partial charge in [-0.15, -0.1) is 0 Å². The van der Waals surface area contributed by atoms with E-state index in [4.69, 9.17) is 16.3 Å². The molecule has 152 valence electrons. The standard InChI is InChI=1S/C23H26ClN3O2/c1-17-22(18(2)27(25-17)20-8-5-4-6-9-20)16-26(3)23(28)10-7-15-29-21-13-11-19(24)12-14-21/h4-6,8-9,11-14H,7,10,15-16H2,1-3H3. The van der Waals surface area contributed by atoms with Crippen molar-refractivity contribution in [3.8, 4) is 11.4 Å². The normalized spacial score (nSPS) is 10.8. The topological polar surface area (TPSA) is 47.4 Å². The van der Waals surface area contributed by atoms with E-state index in [9.17, 15) is 4.79 Å². The Bertz CT molecular complexity index is 952. The molecule has 0 fully saturated rings. The van der Waals surface area contributed by atoms with Crippen LogP contribution in [0.1, 0.15) is 29.8 Å². The molecule has 0 radical (unpaired) electrons. The Morgan fingerprint density at radius 2 is 1.79 bits per heavy atom. The second-order valence-corrected chi connectivity index (χ2v) is 7.49. The number of hydrogen-bond acceptors (Lipinski definition) is 3. The number of amides is 1. The molecule has 2 aromatic carbocycles. The lowest BCUT2D eigenvalue weighted by molar-refractivity contribution is -0.130. The van der Waals surface area contributed by atoms with E-state index < -0.39 is 0 Å². The monoisotopic (exact) mass is 411 g/mol. The van der Waals surface area contributed by atoms with E-state index in [-0.39, 0.29) is 5.91 Å². The van der Waals surface area contributed by atoms with Gasteiger partial charge in [0.1, 0.15) is 5.75 Å². The molecule has 0 spiro atoms. The van der Waals surface area contributed by atoms with Gasteiger partial charge < -0.3 is 9.64 Å². The van der Waals surface area contributed by atoms with Crippen LogP contribution in [0, 0.1) is 13.8 Å². The van der Waals surface area contributed by atoms with Gasteiger partial charge in [-0.3, -0.25) is 4.79 Å². The minimum absolute atomic E-state index is 0.0935. The molecule has 0 saturated heterocycles. The summed E-state index contributed by atoms with van der Waals surface area (Å²) >= 11 is 5.86. The maximum absolute atomic E-state index is 12.5.